The summed E-state index contributed by atoms with van der Waals surface area (Å²) in [7, 11) is 0. The Hall–Kier alpha value is -0.780. The third-order valence-corrected chi connectivity index (χ3v) is 3.73. The number of nitrogens with one attached hydrogen (secondary N) is 1. The van der Waals surface area contributed by atoms with Crippen LogP contribution in [0.2, 0.25) is 0 Å². The molecular weight excluding hydrogens is 344 g/mol. The number of amides is 1. The van der Waals surface area contributed by atoms with Crippen LogP contribution in [0.1, 0.15) is 13.8 Å². The number of halogens is 2. The summed E-state index contributed by atoms with van der Waals surface area (Å²) in [6, 6.07) is 7.76. The van der Waals surface area contributed by atoms with Crippen LogP contribution in [-0.4, -0.2) is 42.6 Å². The summed E-state index contributed by atoms with van der Waals surface area (Å²) in [6.45, 7) is 6.29. The molecule has 1 saturated heterocycles. The molecule has 1 N–H and O–H groups in total. The van der Waals surface area contributed by atoms with Gasteiger partial charge in [-0.3, -0.25) is 4.79 Å². The lowest BCUT2D eigenvalue weighted by atomic mass is 10.2. The average Bonchev–Trinajstić information content (AvgIpc) is 2.38. The maximum absolute atomic E-state index is 12.4. The van der Waals surface area contributed by atoms with Gasteiger partial charge in [0.25, 0.3) is 5.91 Å². The van der Waals surface area contributed by atoms with Crippen molar-refractivity contribution < 1.29 is 9.53 Å². The number of rotatable bonds is 3. The van der Waals surface area contributed by atoms with Gasteiger partial charge in [0.1, 0.15) is 5.75 Å². The van der Waals surface area contributed by atoms with Gasteiger partial charge in [0.05, 0.1) is 0 Å². The zero-order chi connectivity index (χ0) is 13.8. The average molecular weight is 364 g/mol. The standard InChI is InChI=1S/C14H19BrN2O2.ClH/c1-10-9-16-6-7-17(10)14(18)11(2)19-13-5-3-4-12(15)8-13;/h3-5,8,10-11,16H,6-7,9H2,1-2H3;1H. The van der Waals surface area contributed by atoms with E-state index in [1.165, 1.54) is 0 Å². The highest BCUT2D eigenvalue weighted by Gasteiger charge is 2.27. The Morgan fingerprint density at radius 3 is 2.95 bits per heavy atom. The molecule has 4 nitrogen and oxygen atoms in total. The minimum absolute atomic E-state index is 0. The van der Waals surface area contributed by atoms with Crippen LogP contribution in [0.4, 0.5) is 0 Å². The number of benzene rings is 1. The SMILES string of the molecule is CC(Oc1cccc(Br)c1)C(=O)N1CCNCC1C.Cl. The molecule has 0 saturated carbocycles. The fraction of sp³-hybridized carbons (Fsp3) is 0.500. The first kappa shape index (κ1) is 17.3. The van der Waals surface area contributed by atoms with Gasteiger partial charge in [-0.2, -0.15) is 0 Å². The number of carbonyl (C=O) groups is 1. The van der Waals surface area contributed by atoms with Gasteiger partial charge in [0.2, 0.25) is 0 Å². The van der Waals surface area contributed by atoms with Crippen LogP contribution in [0, 0.1) is 0 Å². The van der Waals surface area contributed by atoms with Crippen LogP contribution in [-0.2, 0) is 4.79 Å². The van der Waals surface area contributed by atoms with E-state index in [0.29, 0.717) is 5.75 Å². The second kappa shape index (κ2) is 7.86. The second-order valence-electron chi connectivity index (χ2n) is 4.80. The van der Waals surface area contributed by atoms with E-state index in [9.17, 15) is 4.79 Å². The maximum Gasteiger partial charge on any atom is 0.263 e. The molecule has 1 aliphatic rings. The summed E-state index contributed by atoms with van der Waals surface area (Å²) in [4.78, 5) is 14.2. The van der Waals surface area contributed by atoms with Gasteiger partial charge in [-0.15, -0.1) is 12.4 Å². The number of ether oxygens (including phenoxy) is 1. The van der Waals surface area contributed by atoms with E-state index in [1.807, 2.05) is 29.2 Å². The van der Waals surface area contributed by atoms with Gasteiger partial charge in [0, 0.05) is 30.1 Å². The van der Waals surface area contributed by atoms with Crippen LogP contribution in [0.5, 0.6) is 5.75 Å². The Morgan fingerprint density at radius 2 is 2.30 bits per heavy atom. The quantitative estimate of drug-likeness (QED) is 0.897. The molecule has 1 heterocycles. The number of nitrogens with zero attached hydrogens (tertiary/aromatic N) is 1. The Morgan fingerprint density at radius 1 is 1.55 bits per heavy atom. The molecule has 1 amide bonds. The normalized spacial score (nSPS) is 19.9. The third-order valence-electron chi connectivity index (χ3n) is 3.24. The van der Waals surface area contributed by atoms with Crippen LogP contribution in [0.25, 0.3) is 0 Å². The predicted molar refractivity (Wildman–Crippen MR) is 85.5 cm³/mol. The minimum Gasteiger partial charge on any atom is -0.481 e. The van der Waals surface area contributed by atoms with Crippen molar-refractivity contribution in [1.82, 2.24) is 10.2 Å². The first-order chi connectivity index (χ1) is 9.08. The van der Waals surface area contributed by atoms with Gasteiger partial charge in [-0.1, -0.05) is 22.0 Å². The van der Waals surface area contributed by atoms with Crippen LogP contribution < -0.4 is 10.1 Å². The molecule has 1 fully saturated rings. The number of piperazine rings is 1. The summed E-state index contributed by atoms with van der Waals surface area (Å²) >= 11 is 3.39. The summed E-state index contributed by atoms with van der Waals surface area (Å²) < 4.78 is 6.66. The fourth-order valence-electron chi connectivity index (χ4n) is 2.20. The molecule has 2 rings (SSSR count). The van der Waals surface area contributed by atoms with Crippen molar-refractivity contribution in [2.24, 2.45) is 0 Å². The molecule has 6 heteroatoms. The van der Waals surface area contributed by atoms with Crippen LogP contribution in [0.3, 0.4) is 0 Å². The molecule has 1 aliphatic heterocycles. The zero-order valence-electron chi connectivity index (χ0n) is 11.6. The van der Waals surface area contributed by atoms with E-state index in [-0.39, 0.29) is 24.4 Å². The van der Waals surface area contributed by atoms with Gasteiger partial charge in [-0.05, 0) is 32.0 Å². The van der Waals surface area contributed by atoms with Crippen molar-refractivity contribution in [1.29, 1.82) is 0 Å². The molecule has 0 aromatic heterocycles. The van der Waals surface area contributed by atoms with Crippen molar-refractivity contribution >= 4 is 34.2 Å². The lowest BCUT2D eigenvalue weighted by molar-refractivity contribution is -0.140. The Bertz CT molecular complexity index is 459. The van der Waals surface area contributed by atoms with E-state index in [1.54, 1.807) is 6.92 Å². The molecule has 112 valence electrons. The zero-order valence-corrected chi connectivity index (χ0v) is 14.0. The first-order valence-electron chi connectivity index (χ1n) is 6.51. The molecule has 2 atom stereocenters. The molecule has 2 unspecified atom stereocenters. The smallest absolute Gasteiger partial charge is 0.263 e. The Balaban J connectivity index is 0.00000200. The molecule has 0 aliphatic carbocycles. The van der Waals surface area contributed by atoms with E-state index in [0.717, 1.165) is 24.1 Å². The summed E-state index contributed by atoms with van der Waals surface area (Å²) in [5, 5.41) is 3.27. The van der Waals surface area contributed by atoms with Gasteiger partial charge in [0.15, 0.2) is 6.10 Å². The number of hydrogen-bond acceptors (Lipinski definition) is 3. The molecular formula is C14H20BrClN2O2. The Kier molecular flexibility index (Phi) is 6.79. The highest BCUT2D eigenvalue weighted by molar-refractivity contribution is 9.10. The highest BCUT2D eigenvalue weighted by atomic mass is 79.9. The van der Waals surface area contributed by atoms with E-state index in [2.05, 4.69) is 28.2 Å². The highest BCUT2D eigenvalue weighted by Crippen LogP contribution is 2.19. The van der Waals surface area contributed by atoms with Gasteiger partial charge < -0.3 is 15.0 Å². The molecule has 1 aromatic rings. The van der Waals surface area contributed by atoms with Crippen molar-refractivity contribution in [2.75, 3.05) is 19.6 Å². The van der Waals surface area contributed by atoms with Gasteiger partial charge in [-0.25, -0.2) is 0 Å². The third kappa shape index (κ3) is 4.36. The van der Waals surface area contributed by atoms with E-state index < -0.39 is 6.10 Å². The molecule has 20 heavy (non-hydrogen) atoms. The van der Waals surface area contributed by atoms with Crippen molar-refractivity contribution in [3.63, 3.8) is 0 Å². The molecule has 0 bridgehead atoms. The largest absolute Gasteiger partial charge is 0.481 e. The monoisotopic (exact) mass is 362 g/mol. The number of hydrogen-bond donors (Lipinski definition) is 1. The van der Waals surface area contributed by atoms with Crippen molar-refractivity contribution in [3.05, 3.63) is 28.7 Å². The summed E-state index contributed by atoms with van der Waals surface area (Å²) in [6.07, 6.45) is -0.463. The minimum atomic E-state index is -0.463. The second-order valence-corrected chi connectivity index (χ2v) is 5.72. The fourth-order valence-corrected chi connectivity index (χ4v) is 2.58. The van der Waals surface area contributed by atoms with Gasteiger partial charge >= 0.3 is 0 Å². The number of carbonyl (C=O) groups excluding carboxylic acids is 1. The van der Waals surface area contributed by atoms with E-state index in [4.69, 9.17) is 4.74 Å². The molecule has 1 aromatic carbocycles. The first-order valence-corrected chi connectivity index (χ1v) is 7.30. The topological polar surface area (TPSA) is 41.6 Å². The lowest BCUT2D eigenvalue weighted by Crippen LogP contribution is -2.55. The van der Waals surface area contributed by atoms with Crippen LogP contribution in [0.15, 0.2) is 28.7 Å². The Labute approximate surface area is 134 Å². The van der Waals surface area contributed by atoms with Crippen LogP contribution >= 0.6 is 28.3 Å². The maximum atomic E-state index is 12.4. The van der Waals surface area contributed by atoms with Crippen molar-refractivity contribution in [3.8, 4) is 5.75 Å². The summed E-state index contributed by atoms with van der Waals surface area (Å²) in [5.41, 5.74) is 0. The lowest BCUT2D eigenvalue weighted by Gasteiger charge is -2.35. The predicted octanol–water partition coefficient (Wildman–Crippen LogP) is 2.46. The molecule has 0 spiro atoms. The van der Waals surface area contributed by atoms with Crippen molar-refractivity contribution in [2.45, 2.75) is 26.0 Å². The molecule has 0 radical (unpaired) electrons. The van der Waals surface area contributed by atoms with E-state index >= 15 is 0 Å². The summed E-state index contributed by atoms with van der Waals surface area (Å²) in [5.74, 6) is 0.756.